The van der Waals surface area contributed by atoms with Gasteiger partial charge in [0.05, 0.1) is 24.2 Å². The summed E-state index contributed by atoms with van der Waals surface area (Å²) < 4.78 is 14.5. The summed E-state index contributed by atoms with van der Waals surface area (Å²) in [7, 11) is 0. The number of halogens is 2. The summed E-state index contributed by atoms with van der Waals surface area (Å²) in [5, 5.41) is 4.02. The number of hydrogen-bond donors (Lipinski definition) is 0. The molecule has 0 atom stereocenters. The lowest BCUT2D eigenvalue weighted by Crippen LogP contribution is -2.01. The van der Waals surface area contributed by atoms with Crippen LogP contribution in [-0.4, -0.2) is 21.4 Å². The zero-order chi connectivity index (χ0) is 12.3. The van der Waals surface area contributed by atoms with Crippen LogP contribution in [0.4, 0.5) is 4.39 Å². The highest BCUT2D eigenvalue weighted by molar-refractivity contribution is 6.30. The van der Waals surface area contributed by atoms with Crippen LogP contribution in [0.1, 0.15) is 15.9 Å². The summed E-state index contributed by atoms with van der Waals surface area (Å²) in [6.45, 7) is 0.424. The highest BCUT2D eigenvalue weighted by Crippen LogP contribution is 2.07. The third kappa shape index (κ3) is 2.91. The molecule has 0 aliphatic carbocycles. The summed E-state index contributed by atoms with van der Waals surface area (Å²) >= 11 is 5.44. The van der Waals surface area contributed by atoms with E-state index in [9.17, 15) is 9.18 Å². The standard InChI is InChI=1S/C12H10ClFN2O/c13-5-12(17)10-6-15-16(8-10)7-9-2-1-3-11(14)4-9/h1-4,6,8H,5,7H2. The predicted molar refractivity (Wildman–Crippen MR) is 62.8 cm³/mol. The van der Waals surface area contributed by atoms with Crippen LogP contribution in [0.15, 0.2) is 36.7 Å². The van der Waals surface area contributed by atoms with Gasteiger partial charge in [0.25, 0.3) is 0 Å². The Morgan fingerprint density at radius 2 is 2.29 bits per heavy atom. The molecule has 0 fully saturated rings. The van der Waals surface area contributed by atoms with Crippen molar-refractivity contribution in [2.24, 2.45) is 0 Å². The molecule has 88 valence electrons. The summed E-state index contributed by atoms with van der Waals surface area (Å²) in [5.41, 5.74) is 1.26. The van der Waals surface area contributed by atoms with E-state index in [-0.39, 0.29) is 17.5 Å². The lowest BCUT2D eigenvalue weighted by atomic mass is 10.2. The average molecular weight is 253 g/mol. The molecule has 1 heterocycles. The number of nitrogens with zero attached hydrogens (tertiary/aromatic N) is 2. The van der Waals surface area contributed by atoms with Gasteiger partial charge in [-0.3, -0.25) is 9.48 Å². The Bertz CT molecular complexity index is 539. The molecule has 0 unspecified atom stereocenters. The van der Waals surface area contributed by atoms with Gasteiger partial charge in [-0.05, 0) is 17.7 Å². The number of carbonyl (C=O) groups excluding carboxylic acids is 1. The summed E-state index contributed by atoms with van der Waals surface area (Å²) in [5.74, 6) is -0.519. The van der Waals surface area contributed by atoms with E-state index in [2.05, 4.69) is 5.10 Å². The van der Waals surface area contributed by atoms with Crippen molar-refractivity contribution in [2.45, 2.75) is 6.54 Å². The van der Waals surface area contributed by atoms with Crippen LogP contribution < -0.4 is 0 Å². The van der Waals surface area contributed by atoms with E-state index in [1.54, 1.807) is 23.0 Å². The zero-order valence-electron chi connectivity index (χ0n) is 8.94. The number of aromatic nitrogens is 2. The first-order valence-corrected chi connectivity index (χ1v) is 5.58. The van der Waals surface area contributed by atoms with E-state index in [0.29, 0.717) is 12.1 Å². The molecule has 0 aliphatic heterocycles. The van der Waals surface area contributed by atoms with Crippen LogP contribution in [0.2, 0.25) is 0 Å². The van der Waals surface area contributed by atoms with Gasteiger partial charge in [-0.15, -0.1) is 11.6 Å². The van der Waals surface area contributed by atoms with Gasteiger partial charge < -0.3 is 0 Å². The Morgan fingerprint density at radius 3 is 3.00 bits per heavy atom. The largest absolute Gasteiger partial charge is 0.293 e. The number of Topliss-reactive ketones (excluding diaryl/α,β-unsaturated/α-hetero) is 1. The Morgan fingerprint density at radius 1 is 1.47 bits per heavy atom. The second-order valence-electron chi connectivity index (χ2n) is 3.61. The quantitative estimate of drug-likeness (QED) is 0.619. The van der Waals surface area contributed by atoms with Crippen molar-refractivity contribution < 1.29 is 9.18 Å². The molecular weight excluding hydrogens is 243 g/mol. The fourth-order valence-electron chi connectivity index (χ4n) is 1.49. The average Bonchev–Trinajstić information content (AvgIpc) is 2.76. The van der Waals surface area contributed by atoms with Crippen LogP contribution >= 0.6 is 11.6 Å². The van der Waals surface area contributed by atoms with Crippen LogP contribution in [-0.2, 0) is 6.54 Å². The SMILES string of the molecule is O=C(CCl)c1cnn(Cc2cccc(F)c2)c1. The number of hydrogen-bond acceptors (Lipinski definition) is 2. The third-order valence-electron chi connectivity index (χ3n) is 2.31. The molecule has 0 radical (unpaired) electrons. The number of rotatable bonds is 4. The van der Waals surface area contributed by atoms with Crippen molar-refractivity contribution in [1.82, 2.24) is 9.78 Å². The molecule has 5 heteroatoms. The normalized spacial score (nSPS) is 10.5. The molecule has 0 N–H and O–H groups in total. The smallest absolute Gasteiger partial charge is 0.180 e. The van der Waals surface area contributed by atoms with E-state index in [0.717, 1.165) is 5.56 Å². The van der Waals surface area contributed by atoms with Crippen LogP contribution in [0.25, 0.3) is 0 Å². The minimum Gasteiger partial charge on any atom is -0.293 e. The Hall–Kier alpha value is -1.68. The Labute approximate surface area is 103 Å². The first-order valence-electron chi connectivity index (χ1n) is 5.05. The number of benzene rings is 1. The van der Waals surface area contributed by atoms with E-state index in [4.69, 9.17) is 11.6 Å². The molecular formula is C12H10ClFN2O. The number of ketones is 1. The maximum atomic E-state index is 13.0. The Kier molecular flexibility index (Phi) is 3.54. The fraction of sp³-hybridized carbons (Fsp3) is 0.167. The van der Waals surface area contributed by atoms with E-state index >= 15 is 0 Å². The molecule has 0 aliphatic rings. The topological polar surface area (TPSA) is 34.9 Å². The molecule has 1 aromatic heterocycles. The molecule has 2 aromatic rings. The van der Waals surface area contributed by atoms with Crippen molar-refractivity contribution in [3.8, 4) is 0 Å². The van der Waals surface area contributed by atoms with Crippen molar-refractivity contribution in [3.63, 3.8) is 0 Å². The lowest BCUT2D eigenvalue weighted by Gasteiger charge is -2.01. The highest BCUT2D eigenvalue weighted by Gasteiger charge is 2.07. The van der Waals surface area contributed by atoms with E-state index in [1.807, 2.05) is 0 Å². The zero-order valence-corrected chi connectivity index (χ0v) is 9.69. The van der Waals surface area contributed by atoms with Gasteiger partial charge >= 0.3 is 0 Å². The van der Waals surface area contributed by atoms with Gasteiger partial charge in [-0.1, -0.05) is 12.1 Å². The van der Waals surface area contributed by atoms with Gasteiger partial charge in [0.15, 0.2) is 5.78 Å². The van der Waals surface area contributed by atoms with Crippen LogP contribution in [0.3, 0.4) is 0 Å². The van der Waals surface area contributed by atoms with Crippen molar-refractivity contribution in [2.75, 3.05) is 5.88 Å². The van der Waals surface area contributed by atoms with Gasteiger partial charge in [-0.25, -0.2) is 4.39 Å². The van der Waals surface area contributed by atoms with Crippen molar-refractivity contribution in [1.29, 1.82) is 0 Å². The number of carbonyl (C=O) groups is 1. The van der Waals surface area contributed by atoms with E-state index < -0.39 is 0 Å². The third-order valence-corrected chi connectivity index (χ3v) is 2.55. The van der Waals surface area contributed by atoms with Gasteiger partial charge in [0.2, 0.25) is 0 Å². The summed E-state index contributed by atoms with van der Waals surface area (Å²) in [6.07, 6.45) is 3.07. The molecule has 0 amide bonds. The second-order valence-corrected chi connectivity index (χ2v) is 3.88. The van der Waals surface area contributed by atoms with E-state index in [1.165, 1.54) is 18.3 Å². The van der Waals surface area contributed by atoms with Crippen molar-refractivity contribution >= 4 is 17.4 Å². The highest BCUT2D eigenvalue weighted by atomic mass is 35.5. The lowest BCUT2D eigenvalue weighted by molar-refractivity contribution is 0.102. The molecule has 0 saturated carbocycles. The first kappa shape index (κ1) is 11.8. The Balaban J connectivity index is 2.14. The maximum absolute atomic E-state index is 13.0. The second kappa shape index (κ2) is 5.10. The summed E-state index contributed by atoms with van der Waals surface area (Å²) in [6, 6.07) is 6.26. The fourth-order valence-corrected chi connectivity index (χ4v) is 1.65. The van der Waals surface area contributed by atoms with Gasteiger partial charge in [0, 0.05) is 6.20 Å². The van der Waals surface area contributed by atoms with Gasteiger partial charge in [-0.2, -0.15) is 5.10 Å². The maximum Gasteiger partial charge on any atom is 0.180 e. The minimum absolute atomic E-state index is 0.0638. The van der Waals surface area contributed by atoms with Crippen LogP contribution in [0.5, 0.6) is 0 Å². The van der Waals surface area contributed by atoms with Crippen molar-refractivity contribution in [3.05, 3.63) is 53.6 Å². The molecule has 3 nitrogen and oxygen atoms in total. The molecule has 17 heavy (non-hydrogen) atoms. The monoisotopic (exact) mass is 252 g/mol. The molecule has 2 rings (SSSR count). The minimum atomic E-state index is -0.285. The molecule has 0 bridgehead atoms. The number of alkyl halides is 1. The van der Waals surface area contributed by atoms with Gasteiger partial charge in [0.1, 0.15) is 5.82 Å². The first-order chi connectivity index (χ1) is 8.19. The summed E-state index contributed by atoms with van der Waals surface area (Å²) in [4.78, 5) is 11.3. The van der Waals surface area contributed by atoms with Crippen LogP contribution in [0, 0.1) is 5.82 Å². The predicted octanol–water partition coefficient (Wildman–Crippen LogP) is 2.49. The molecule has 0 spiro atoms. The molecule has 1 aromatic carbocycles. The molecule has 0 saturated heterocycles.